The van der Waals surface area contributed by atoms with Crippen molar-refractivity contribution in [2.75, 3.05) is 5.32 Å². The van der Waals surface area contributed by atoms with Gasteiger partial charge in [0.25, 0.3) is 0 Å². The van der Waals surface area contributed by atoms with Crippen LogP contribution in [0.25, 0.3) is 0 Å². The summed E-state index contributed by atoms with van der Waals surface area (Å²) in [6.07, 6.45) is 5.95. The van der Waals surface area contributed by atoms with Gasteiger partial charge >= 0.3 is 0 Å². The van der Waals surface area contributed by atoms with E-state index in [9.17, 15) is 0 Å². The fraction of sp³-hybridized carbons (Fsp3) is 0.300. The van der Waals surface area contributed by atoms with Crippen molar-refractivity contribution in [1.82, 2.24) is 0 Å². The second kappa shape index (κ2) is 4.77. The molecule has 1 nitrogen and oxygen atoms in total. The van der Waals surface area contributed by atoms with Gasteiger partial charge in [0.15, 0.2) is 0 Å². The first-order chi connectivity index (χ1) is 10.2. The fourth-order valence-corrected chi connectivity index (χ4v) is 4.13. The van der Waals surface area contributed by atoms with Crippen molar-refractivity contribution in [1.29, 1.82) is 0 Å². The standard InChI is InChI=1S/C20H21N/c1-13-11-14(2)19-16-9-6-10-17(16)20(21-18(19)12-13)15-7-4-3-5-8-15/h3-9,11-12,16-17,20-21H,10H2,1-2H3/t16-,17+,20+/m1/s1. The van der Waals surface area contributed by atoms with Crippen LogP contribution in [0.5, 0.6) is 0 Å². The van der Waals surface area contributed by atoms with Crippen molar-refractivity contribution in [2.24, 2.45) is 5.92 Å². The summed E-state index contributed by atoms with van der Waals surface area (Å²) in [6.45, 7) is 4.43. The summed E-state index contributed by atoms with van der Waals surface area (Å²) in [5.74, 6) is 1.20. The van der Waals surface area contributed by atoms with E-state index in [2.05, 4.69) is 73.8 Å². The molecule has 0 bridgehead atoms. The molecule has 0 radical (unpaired) electrons. The lowest BCUT2D eigenvalue weighted by atomic mass is 9.75. The molecule has 1 aliphatic carbocycles. The molecule has 3 atom stereocenters. The van der Waals surface area contributed by atoms with E-state index in [4.69, 9.17) is 0 Å². The van der Waals surface area contributed by atoms with Crippen LogP contribution in [-0.4, -0.2) is 0 Å². The predicted octanol–water partition coefficient (Wildman–Crippen LogP) is 5.13. The third-order valence-corrected chi connectivity index (χ3v) is 4.98. The van der Waals surface area contributed by atoms with Gasteiger partial charge in [0.1, 0.15) is 0 Å². The summed E-state index contributed by atoms with van der Waals surface area (Å²) in [4.78, 5) is 0. The lowest BCUT2D eigenvalue weighted by molar-refractivity contribution is 0.424. The van der Waals surface area contributed by atoms with Crippen LogP contribution in [-0.2, 0) is 0 Å². The maximum absolute atomic E-state index is 3.83. The van der Waals surface area contributed by atoms with E-state index in [0.717, 1.165) is 0 Å². The molecule has 0 saturated heterocycles. The average Bonchev–Trinajstić information content (AvgIpc) is 2.95. The Hall–Kier alpha value is -2.02. The minimum Gasteiger partial charge on any atom is -0.378 e. The molecule has 0 saturated carbocycles. The molecule has 2 aromatic rings. The van der Waals surface area contributed by atoms with Crippen LogP contribution < -0.4 is 5.32 Å². The van der Waals surface area contributed by atoms with Crippen LogP contribution in [0.2, 0.25) is 0 Å². The van der Waals surface area contributed by atoms with Crippen molar-refractivity contribution >= 4 is 5.69 Å². The second-order valence-corrected chi connectivity index (χ2v) is 6.43. The molecule has 1 N–H and O–H groups in total. The van der Waals surface area contributed by atoms with Gasteiger partial charge in [0.2, 0.25) is 0 Å². The van der Waals surface area contributed by atoms with Crippen molar-refractivity contribution in [3.05, 3.63) is 76.9 Å². The smallest absolute Gasteiger partial charge is 0.0553 e. The van der Waals surface area contributed by atoms with Crippen LogP contribution in [0.1, 0.15) is 40.6 Å². The Morgan fingerprint density at radius 1 is 1.05 bits per heavy atom. The number of hydrogen-bond acceptors (Lipinski definition) is 1. The first-order valence-corrected chi connectivity index (χ1v) is 7.83. The van der Waals surface area contributed by atoms with E-state index in [1.807, 2.05) is 0 Å². The van der Waals surface area contributed by atoms with E-state index in [0.29, 0.717) is 17.9 Å². The average molecular weight is 275 g/mol. The molecule has 2 aromatic carbocycles. The predicted molar refractivity (Wildman–Crippen MR) is 88.7 cm³/mol. The van der Waals surface area contributed by atoms with Gasteiger partial charge in [0, 0.05) is 11.6 Å². The highest BCUT2D eigenvalue weighted by Gasteiger charge is 2.38. The molecule has 0 unspecified atom stereocenters. The van der Waals surface area contributed by atoms with Gasteiger partial charge in [-0.2, -0.15) is 0 Å². The van der Waals surface area contributed by atoms with Crippen LogP contribution in [0.15, 0.2) is 54.6 Å². The summed E-state index contributed by atoms with van der Waals surface area (Å²) in [7, 11) is 0. The molecule has 21 heavy (non-hydrogen) atoms. The Morgan fingerprint density at radius 2 is 1.86 bits per heavy atom. The molecule has 106 valence electrons. The molecular formula is C20H21N. The van der Waals surface area contributed by atoms with E-state index >= 15 is 0 Å². The molecule has 0 spiro atoms. The molecule has 0 amide bonds. The molecule has 1 heterocycles. The summed E-state index contributed by atoms with van der Waals surface area (Å²) in [6, 6.07) is 15.9. The van der Waals surface area contributed by atoms with E-state index < -0.39 is 0 Å². The number of benzene rings is 2. The number of aryl methyl sites for hydroxylation is 2. The number of hydrogen-bond donors (Lipinski definition) is 1. The summed E-state index contributed by atoms with van der Waals surface area (Å²) >= 11 is 0. The third-order valence-electron chi connectivity index (χ3n) is 4.98. The van der Waals surface area contributed by atoms with E-state index in [-0.39, 0.29) is 0 Å². The minimum absolute atomic E-state index is 0.417. The maximum atomic E-state index is 3.83. The number of nitrogens with one attached hydrogen (secondary N) is 1. The lowest BCUT2D eigenvalue weighted by Gasteiger charge is -2.38. The van der Waals surface area contributed by atoms with Gasteiger partial charge in [-0.25, -0.2) is 0 Å². The van der Waals surface area contributed by atoms with Crippen LogP contribution in [0, 0.1) is 19.8 Å². The van der Waals surface area contributed by atoms with Gasteiger partial charge in [-0.15, -0.1) is 0 Å². The third kappa shape index (κ3) is 1.99. The van der Waals surface area contributed by atoms with Crippen molar-refractivity contribution in [3.63, 3.8) is 0 Å². The summed E-state index contributed by atoms with van der Waals surface area (Å²) in [5.41, 5.74) is 7.00. The van der Waals surface area contributed by atoms with Gasteiger partial charge < -0.3 is 5.32 Å². The summed E-state index contributed by atoms with van der Waals surface area (Å²) < 4.78 is 0. The Bertz CT molecular complexity index is 699. The Labute approximate surface area is 126 Å². The largest absolute Gasteiger partial charge is 0.378 e. The number of anilines is 1. The van der Waals surface area contributed by atoms with Gasteiger partial charge in [-0.3, -0.25) is 0 Å². The molecule has 4 rings (SSSR count). The zero-order chi connectivity index (χ0) is 14.4. The highest BCUT2D eigenvalue weighted by atomic mass is 15.0. The first kappa shape index (κ1) is 12.7. The molecule has 1 aliphatic heterocycles. The second-order valence-electron chi connectivity index (χ2n) is 6.43. The number of allylic oxidation sites excluding steroid dienone is 2. The monoisotopic (exact) mass is 275 g/mol. The van der Waals surface area contributed by atoms with Crippen LogP contribution >= 0.6 is 0 Å². The zero-order valence-electron chi connectivity index (χ0n) is 12.6. The highest BCUT2D eigenvalue weighted by molar-refractivity contribution is 5.63. The van der Waals surface area contributed by atoms with Gasteiger partial charge in [-0.1, -0.05) is 48.6 Å². The summed E-state index contributed by atoms with van der Waals surface area (Å²) in [5, 5.41) is 3.83. The van der Waals surface area contributed by atoms with Crippen molar-refractivity contribution in [2.45, 2.75) is 32.2 Å². The zero-order valence-corrected chi connectivity index (χ0v) is 12.6. The van der Waals surface area contributed by atoms with Gasteiger partial charge in [0.05, 0.1) is 6.04 Å². The van der Waals surface area contributed by atoms with Gasteiger partial charge in [-0.05, 0) is 54.5 Å². The molecule has 1 heteroatoms. The molecular weight excluding hydrogens is 254 g/mol. The Balaban J connectivity index is 1.84. The topological polar surface area (TPSA) is 12.0 Å². The highest BCUT2D eigenvalue weighted by Crippen LogP contribution is 2.50. The number of rotatable bonds is 1. The number of fused-ring (bicyclic) bond motifs is 3. The maximum Gasteiger partial charge on any atom is 0.0553 e. The molecule has 2 aliphatic rings. The fourth-order valence-electron chi connectivity index (χ4n) is 4.13. The minimum atomic E-state index is 0.417. The first-order valence-electron chi connectivity index (χ1n) is 7.83. The normalized spacial score (nSPS) is 26.1. The Morgan fingerprint density at radius 3 is 2.67 bits per heavy atom. The quantitative estimate of drug-likeness (QED) is 0.711. The lowest BCUT2D eigenvalue weighted by Crippen LogP contribution is -2.29. The SMILES string of the molecule is Cc1cc(C)c2c(c1)N[C@@H](c1ccccc1)[C@H]1CC=C[C@@H]21. The van der Waals surface area contributed by atoms with Crippen molar-refractivity contribution < 1.29 is 0 Å². The van der Waals surface area contributed by atoms with Crippen molar-refractivity contribution in [3.8, 4) is 0 Å². The van der Waals surface area contributed by atoms with E-state index in [1.54, 1.807) is 0 Å². The molecule has 0 fully saturated rings. The molecule has 0 aromatic heterocycles. The Kier molecular flexibility index (Phi) is 2.88. The van der Waals surface area contributed by atoms with E-state index in [1.165, 1.54) is 34.4 Å². The van der Waals surface area contributed by atoms with Crippen LogP contribution in [0.3, 0.4) is 0 Å². The van der Waals surface area contributed by atoms with Crippen LogP contribution in [0.4, 0.5) is 5.69 Å².